The molecule has 0 saturated heterocycles. The average molecular weight is 334 g/mol. The minimum absolute atomic E-state index is 0. The lowest BCUT2D eigenvalue weighted by Crippen LogP contribution is -2.14. The molecule has 0 heterocycles. The summed E-state index contributed by atoms with van der Waals surface area (Å²) in [5.74, 6) is 1.60. The predicted octanol–water partition coefficient (Wildman–Crippen LogP) is 4.36. The van der Waals surface area contributed by atoms with Gasteiger partial charge in [0.1, 0.15) is 6.61 Å². The fourth-order valence-electron chi connectivity index (χ4n) is 2.17. The summed E-state index contributed by atoms with van der Waals surface area (Å²) >= 11 is 0. The molecular formula is C19H24ClNO2. The fourth-order valence-corrected chi connectivity index (χ4v) is 2.17. The number of hydrogen-bond donors (Lipinski definition) is 1. The molecule has 0 unspecified atom stereocenters. The Kier molecular flexibility index (Phi) is 8.88. The van der Waals surface area contributed by atoms with E-state index in [0.29, 0.717) is 13.2 Å². The normalized spacial score (nSPS) is 9.78. The van der Waals surface area contributed by atoms with Crippen molar-refractivity contribution in [2.24, 2.45) is 0 Å². The number of rotatable bonds is 9. The molecule has 2 rings (SSSR count). The third-order valence-corrected chi connectivity index (χ3v) is 3.19. The van der Waals surface area contributed by atoms with E-state index in [4.69, 9.17) is 9.47 Å². The number of para-hydroxylation sites is 1. The van der Waals surface area contributed by atoms with E-state index >= 15 is 0 Å². The van der Waals surface area contributed by atoms with Gasteiger partial charge in [-0.15, -0.1) is 19.0 Å². The van der Waals surface area contributed by atoms with Gasteiger partial charge in [0, 0.05) is 18.7 Å². The van der Waals surface area contributed by atoms with Gasteiger partial charge in [0.15, 0.2) is 11.5 Å². The highest BCUT2D eigenvalue weighted by Gasteiger charge is 2.11. The average Bonchev–Trinajstić information content (AvgIpc) is 2.55. The lowest BCUT2D eigenvalue weighted by atomic mass is 10.1. The Morgan fingerprint density at radius 3 is 2.52 bits per heavy atom. The van der Waals surface area contributed by atoms with Crippen molar-refractivity contribution in [2.45, 2.75) is 20.1 Å². The standard InChI is InChI=1S/C19H23NO2.ClH/c1-3-13-20-14-17-11-8-12-18(21-4-2)19(17)22-15-16-9-6-5-7-10-16;/h3,5-12,20H,1,4,13-15H2,2H3;1H. The molecule has 0 fully saturated rings. The third kappa shape index (κ3) is 5.97. The molecule has 0 amide bonds. The van der Waals surface area contributed by atoms with Gasteiger partial charge in [-0.25, -0.2) is 0 Å². The maximum absolute atomic E-state index is 6.05. The summed E-state index contributed by atoms with van der Waals surface area (Å²) in [6.07, 6.45) is 1.84. The van der Waals surface area contributed by atoms with Crippen LogP contribution in [0.2, 0.25) is 0 Å². The maximum atomic E-state index is 6.05. The Balaban J connectivity index is 0.00000264. The van der Waals surface area contributed by atoms with Gasteiger partial charge in [-0.05, 0) is 18.6 Å². The van der Waals surface area contributed by atoms with E-state index in [-0.39, 0.29) is 12.4 Å². The second-order valence-corrected chi connectivity index (χ2v) is 4.87. The van der Waals surface area contributed by atoms with Crippen LogP contribution in [0.25, 0.3) is 0 Å². The summed E-state index contributed by atoms with van der Waals surface area (Å²) in [5, 5.41) is 3.31. The van der Waals surface area contributed by atoms with Gasteiger partial charge in [0.05, 0.1) is 6.61 Å². The van der Waals surface area contributed by atoms with Crippen molar-refractivity contribution in [3.8, 4) is 11.5 Å². The van der Waals surface area contributed by atoms with E-state index < -0.39 is 0 Å². The second kappa shape index (κ2) is 10.7. The quantitative estimate of drug-likeness (QED) is 0.546. The first-order valence-corrected chi connectivity index (χ1v) is 7.58. The van der Waals surface area contributed by atoms with Crippen molar-refractivity contribution >= 4 is 12.4 Å². The molecule has 3 nitrogen and oxygen atoms in total. The zero-order valence-electron chi connectivity index (χ0n) is 13.5. The monoisotopic (exact) mass is 333 g/mol. The first kappa shape index (κ1) is 19.1. The van der Waals surface area contributed by atoms with Crippen LogP contribution in [-0.4, -0.2) is 13.2 Å². The number of nitrogens with one attached hydrogen (secondary N) is 1. The fraction of sp³-hybridized carbons (Fsp3) is 0.263. The van der Waals surface area contributed by atoms with Crippen LogP contribution < -0.4 is 14.8 Å². The first-order chi connectivity index (χ1) is 10.8. The molecule has 0 bridgehead atoms. The molecule has 2 aromatic rings. The van der Waals surface area contributed by atoms with Gasteiger partial charge in [0.2, 0.25) is 0 Å². The van der Waals surface area contributed by atoms with E-state index in [1.165, 1.54) is 0 Å². The van der Waals surface area contributed by atoms with Crippen molar-refractivity contribution in [3.05, 3.63) is 72.3 Å². The summed E-state index contributed by atoms with van der Waals surface area (Å²) in [4.78, 5) is 0. The molecule has 0 aliphatic carbocycles. The Bertz CT molecular complexity index is 587. The molecule has 0 spiro atoms. The van der Waals surface area contributed by atoms with Gasteiger partial charge >= 0.3 is 0 Å². The van der Waals surface area contributed by atoms with Crippen LogP contribution >= 0.6 is 12.4 Å². The Morgan fingerprint density at radius 1 is 1.04 bits per heavy atom. The topological polar surface area (TPSA) is 30.5 Å². The van der Waals surface area contributed by atoms with Crippen LogP contribution in [0.5, 0.6) is 11.5 Å². The maximum Gasteiger partial charge on any atom is 0.166 e. The zero-order chi connectivity index (χ0) is 15.6. The molecule has 124 valence electrons. The number of benzene rings is 2. The van der Waals surface area contributed by atoms with Gasteiger partial charge < -0.3 is 14.8 Å². The summed E-state index contributed by atoms with van der Waals surface area (Å²) in [6, 6.07) is 16.1. The zero-order valence-corrected chi connectivity index (χ0v) is 14.3. The van der Waals surface area contributed by atoms with E-state index in [1.807, 2.05) is 43.3 Å². The van der Waals surface area contributed by atoms with E-state index in [2.05, 4.69) is 30.1 Å². The molecular weight excluding hydrogens is 310 g/mol. The molecule has 0 radical (unpaired) electrons. The Hall–Kier alpha value is -1.97. The van der Waals surface area contributed by atoms with Crippen molar-refractivity contribution in [1.29, 1.82) is 0 Å². The highest BCUT2D eigenvalue weighted by Crippen LogP contribution is 2.32. The molecule has 1 N–H and O–H groups in total. The van der Waals surface area contributed by atoms with E-state index in [9.17, 15) is 0 Å². The third-order valence-electron chi connectivity index (χ3n) is 3.19. The molecule has 0 aromatic heterocycles. The van der Waals surface area contributed by atoms with Crippen molar-refractivity contribution in [3.63, 3.8) is 0 Å². The molecule has 2 aromatic carbocycles. The van der Waals surface area contributed by atoms with Gasteiger partial charge in [-0.1, -0.05) is 48.5 Å². The largest absolute Gasteiger partial charge is 0.490 e. The SMILES string of the molecule is C=CCNCc1cccc(OCC)c1OCc1ccccc1.Cl. The minimum Gasteiger partial charge on any atom is -0.490 e. The summed E-state index contributed by atoms with van der Waals surface area (Å²) in [6.45, 7) is 8.32. The van der Waals surface area contributed by atoms with Crippen LogP contribution in [0.1, 0.15) is 18.1 Å². The van der Waals surface area contributed by atoms with E-state index in [0.717, 1.165) is 35.7 Å². The van der Waals surface area contributed by atoms with Gasteiger partial charge in [-0.3, -0.25) is 0 Å². The van der Waals surface area contributed by atoms with Crippen LogP contribution in [0.15, 0.2) is 61.2 Å². The van der Waals surface area contributed by atoms with E-state index in [1.54, 1.807) is 0 Å². The molecule has 23 heavy (non-hydrogen) atoms. The highest BCUT2D eigenvalue weighted by molar-refractivity contribution is 5.85. The lowest BCUT2D eigenvalue weighted by Gasteiger charge is -2.16. The lowest BCUT2D eigenvalue weighted by molar-refractivity contribution is 0.266. The molecule has 0 aliphatic rings. The van der Waals surface area contributed by atoms with Crippen LogP contribution in [0, 0.1) is 0 Å². The molecule has 4 heteroatoms. The summed E-state index contributed by atoms with van der Waals surface area (Å²) < 4.78 is 11.7. The van der Waals surface area contributed by atoms with Crippen molar-refractivity contribution in [1.82, 2.24) is 5.32 Å². The highest BCUT2D eigenvalue weighted by atomic mass is 35.5. The minimum atomic E-state index is 0. The first-order valence-electron chi connectivity index (χ1n) is 7.58. The van der Waals surface area contributed by atoms with Crippen LogP contribution in [-0.2, 0) is 13.2 Å². The molecule has 0 aliphatic heterocycles. The second-order valence-electron chi connectivity index (χ2n) is 4.87. The Labute approximate surface area is 144 Å². The van der Waals surface area contributed by atoms with Crippen molar-refractivity contribution < 1.29 is 9.47 Å². The smallest absolute Gasteiger partial charge is 0.166 e. The van der Waals surface area contributed by atoms with Gasteiger partial charge in [-0.2, -0.15) is 0 Å². The molecule has 0 atom stereocenters. The van der Waals surface area contributed by atoms with Crippen LogP contribution in [0.4, 0.5) is 0 Å². The Morgan fingerprint density at radius 2 is 1.83 bits per heavy atom. The number of halogens is 1. The predicted molar refractivity (Wildman–Crippen MR) is 97.5 cm³/mol. The summed E-state index contributed by atoms with van der Waals surface area (Å²) in [5.41, 5.74) is 2.22. The molecule has 0 saturated carbocycles. The van der Waals surface area contributed by atoms with Gasteiger partial charge in [0.25, 0.3) is 0 Å². The number of hydrogen-bond acceptors (Lipinski definition) is 3. The summed E-state index contributed by atoms with van der Waals surface area (Å²) in [7, 11) is 0. The van der Waals surface area contributed by atoms with Crippen molar-refractivity contribution in [2.75, 3.05) is 13.2 Å². The van der Waals surface area contributed by atoms with Crippen LogP contribution in [0.3, 0.4) is 0 Å². The number of ether oxygens (including phenoxy) is 2.